The maximum absolute atomic E-state index is 4.65. The average molecular weight is 231 g/mol. The van der Waals surface area contributed by atoms with Crippen LogP contribution in [0.4, 0.5) is 0 Å². The van der Waals surface area contributed by atoms with Crippen molar-refractivity contribution >= 4 is 29.3 Å². The van der Waals surface area contributed by atoms with Gasteiger partial charge < -0.3 is 0 Å². The predicted octanol–water partition coefficient (Wildman–Crippen LogP) is 2.78. The molecule has 0 atom stereocenters. The standard InChI is InChI=1S/C13H15N2S/c1-11-4-6-12(7-5-11)13(14-10-16)8-9-15(2)3/h4-9H,1-3H3/q+1. The summed E-state index contributed by atoms with van der Waals surface area (Å²) < 4.78 is 1.95. The summed E-state index contributed by atoms with van der Waals surface area (Å²) in [5, 5.41) is 2.41. The van der Waals surface area contributed by atoms with Crippen molar-refractivity contribution in [3.05, 3.63) is 41.5 Å². The molecule has 0 unspecified atom stereocenters. The Kier molecular flexibility index (Phi) is 4.77. The van der Waals surface area contributed by atoms with Crippen LogP contribution >= 0.6 is 12.2 Å². The fourth-order valence-corrected chi connectivity index (χ4v) is 1.29. The molecule has 1 rings (SSSR count). The normalized spacial score (nSPS) is 10.6. The maximum Gasteiger partial charge on any atom is 0.165 e. The third-order valence-electron chi connectivity index (χ3n) is 2.04. The number of isothiocyanates is 1. The van der Waals surface area contributed by atoms with E-state index in [4.69, 9.17) is 0 Å². The van der Waals surface area contributed by atoms with E-state index >= 15 is 0 Å². The van der Waals surface area contributed by atoms with Crippen molar-refractivity contribution in [2.75, 3.05) is 14.1 Å². The van der Waals surface area contributed by atoms with E-state index in [1.54, 1.807) is 0 Å². The molecule has 82 valence electrons. The molecule has 0 heterocycles. The van der Waals surface area contributed by atoms with Crippen molar-refractivity contribution in [3.8, 4) is 0 Å². The molecule has 0 aliphatic rings. The van der Waals surface area contributed by atoms with Crippen LogP contribution in [0.2, 0.25) is 0 Å². The van der Waals surface area contributed by atoms with Crippen LogP contribution in [0.25, 0.3) is 5.70 Å². The quantitative estimate of drug-likeness (QED) is 0.443. The summed E-state index contributed by atoms with van der Waals surface area (Å²) in [6.07, 6.45) is 3.86. The number of aliphatic imine (C=N–C) groups is 1. The number of aryl methyl sites for hydroxylation is 1. The number of allylic oxidation sites excluding steroid dienone is 1. The number of rotatable bonds is 3. The van der Waals surface area contributed by atoms with Crippen molar-refractivity contribution in [3.63, 3.8) is 0 Å². The van der Waals surface area contributed by atoms with Crippen LogP contribution in [-0.4, -0.2) is 30.0 Å². The molecule has 0 saturated carbocycles. The van der Waals surface area contributed by atoms with E-state index in [-0.39, 0.29) is 0 Å². The Balaban J connectivity index is 3.12. The van der Waals surface area contributed by atoms with E-state index in [2.05, 4.69) is 41.4 Å². The molecule has 0 aliphatic carbocycles. The molecule has 0 amide bonds. The first kappa shape index (κ1) is 12.5. The van der Waals surface area contributed by atoms with Gasteiger partial charge in [-0.15, -0.1) is 0 Å². The Morgan fingerprint density at radius 2 is 1.94 bits per heavy atom. The Labute approximate surface area is 102 Å². The molecule has 0 bridgehead atoms. The van der Waals surface area contributed by atoms with E-state index in [0.717, 1.165) is 11.3 Å². The molecule has 0 radical (unpaired) electrons. The lowest BCUT2D eigenvalue weighted by Crippen LogP contribution is -1.96. The highest BCUT2D eigenvalue weighted by Gasteiger charge is 1.98. The van der Waals surface area contributed by atoms with Gasteiger partial charge in [-0.3, -0.25) is 0 Å². The summed E-state index contributed by atoms with van der Waals surface area (Å²) >= 11 is 4.65. The van der Waals surface area contributed by atoms with Gasteiger partial charge in [0.2, 0.25) is 0 Å². The van der Waals surface area contributed by atoms with Crippen LogP contribution < -0.4 is 0 Å². The Bertz CT molecular complexity index is 459. The number of thiocarbonyl (C=S) groups is 1. The molecule has 0 spiro atoms. The number of benzene rings is 1. The van der Waals surface area contributed by atoms with Crippen molar-refractivity contribution in [1.29, 1.82) is 0 Å². The van der Waals surface area contributed by atoms with Crippen LogP contribution in [0.15, 0.2) is 35.3 Å². The van der Waals surface area contributed by atoms with Crippen LogP contribution in [0, 0.1) is 6.92 Å². The summed E-state index contributed by atoms with van der Waals surface area (Å²) in [5.41, 5.74) is 3.09. The van der Waals surface area contributed by atoms with Gasteiger partial charge in [-0.05, 0) is 19.1 Å². The zero-order valence-electron chi connectivity index (χ0n) is 9.77. The molecule has 1 aromatic carbocycles. The van der Waals surface area contributed by atoms with Gasteiger partial charge in [-0.2, -0.15) is 4.99 Å². The molecule has 2 nitrogen and oxygen atoms in total. The smallest absolute Gasteiger partial charge is 0.165 e. The second kappa shape index (κ2) is 6.11. The minimum atomic E-state index is 0.823. The topological polar surface area (TPSA) is 15.4 Å². The van der Waals surface area contributed by atoms with Gasteiger partial charge >= 0.3 is 0 Å². The lowest BCUT2D eigenvalue weighted by molar-refractivity contribution is -0.458. The lowest BCUT2D eigenvalue weighted by Gasteiger charge is -1.99. The lowest BCUT2D eigenvalue weighted by atomic mass is 10.1. The molecule has 0 N–H and O–H groups in total. The van der Waals surface area contributed by atoms with E-state index in [1.165, 1.54) is 5.56 Å². The highest BCUT2D eigenvalue weighted by molar-refractivity contribution is 7.78. The van der Waals surface area contributed by atoms with Crippen LogP contribution in [0.1, 0.15) is 11.1 Å². The number of nitrogens with zero attached hydrogens (tertiary/aromatic N) is 2. The van der Waals surface area contributed by atoms with E-state index in [9.17, 15) is 0 Å². The minimum Gasteiger partial charge on any atom is -0.241 e. The second-order valence-corrected chi connectivity index (χ2v) is 3.92. The minimum absolute atomic E-state index is 0.823. The van der Waals surface area contributed by atoms with Crippen molar-refractivity contribution < 1.29 is 4.58 Å². The highest BCUT2D eigenvalue weighted by Crippen LogP contribution is 2.15. The molecular formula is C13H15N2S+. The molecule has 0 aromatic heterocycles. The van der Waals surface area contributed by atoms with Gasteiger partial charge in [0.25, 0.3) is 0 Å². The van der Waals surface area contributed by atoms with Crippen molar-refractivity contribution in [2.45, 2.75) is 6.92 Å². The van der Waals surface area contributed by atoms with Crippen LogP contribution in [0.5, 0.6) is 0 Å². The second-order valence-electron chi connectivity index (χ2n) is 3.73. The molecule has 0 fully saturated rings. The van der Waals surface area contributed by atoms with Crippen molar-refractivity contribution in [1.82, 2.24) is 0 Å². The van der Waals surface area contributed by atoms with E-state index in [1.807, 2.05) is 43.1 Å². The largest absolute Gasteiger partial charge is 0.241 e. The summed E-state index contributed by atoms with van der Waals surface area (Å²) in [7, 11) is 3.93. The molecule has 16 heavy (non-hydrogen) atoms. The highest BCUT2D eigenvalue weighted by atomic mass is 32.1. The molecule has 1 aromatic rings. The average Bonchev–Trinajstić information content (AvgIpc) is 2.25. The molecule has 0 saturated heterocycles. The fourth-order valence-electron chi connectivity index (χ4n) is 1.19. The van der Waals surface area contributed by atoms with Crippen molar-refractivity contribution in [2.24, 2.45) is 4.99 Å². The van der Waals surface area contributed by atoms with Crippen LogP contribution in [-0.2, 0) is 0 Å². The van der Waals surface area contributed by atoms with Gasteiger partial charge in [0, 0.05) is 11.6 Å². The van der Waals surface area contributed by atoms with Crippen LogP contribution in [0.3, 0.4) is 0 Å². The van der Waals surface area contributed by atoms with E-state index in [0.29, 0.717) is 0 Å². The third-order valence-corrected chi connectivity index (χ3v) is 2.14. The summed E-state index contributed by atoms with van der Waals surface area (Å²) in [6.45, 7) is 2.06. The zero-order valence-corrected chi connectivity index (χ0v) is 10.6. The predicted molar refractivity (Wildman–Crippen MR) is 72.4 cm³/mol. The third kappa shape index (κ3) is 3.89. The monoisotopic (exact) mass is 231 g/mol. The van der Waals surface area contributed by atoms with Gasteiger partial charge in [-0.1, -0.05) is 29.8 Å². The maximum atomic E-state index is 4.65. The van der Waals surface area contributed by atoms with E-state index < -0.39 is 0 Å². The number of hydrogen-bond acceptors (Lipinski definition) is 2. The SMILES string of the molecule is Cc1ccc(/C(=C/C=[N+](C)C)N=C=S)cc1. The molecule has 0 aliphatic heterocycles. The Hall–Kier alpha value is -1.57. The zero-order chi connectivity index (χ0) is 12.0. The fraction of sp³-hybridized carbons (Fsp3) is 0.231. The first-order valence-electron chi connectivity index (χ1n) is 5.00. The Morgan fingerprint density at radius 1 is 1.31 bits per heavy atom. The molecular weight excluding hydrogens is 216 g/mol. The Morgan fingerprint density at radius 3 is 2.44 bits per heavy atom. The van der Waals surface area contributed by atoms with Gasteiger partial charge in [0.05, 0.1) is 10.9 Å². The first-order valence-corrected chi connectivity index (χ1v) is 5.41. The summed E-state index contributed by atoms with van der Waals surface area (Å²) in [6, 6.07) is 8.16. The first-order chi connectivity index (χ1) is 7.63. The summed E-state index contributed by atoms with van der Waals surface area (Å²) in [4.78, 5) is 4.06. The summed E-state index contributed by atoms with van der Waals surface area (Å²) in [5.74, 6) is 0. The van der Waals surface area contributed by atoms with Gasteiger partial charge in [-0.25, -0.2) is 4.58 Å². The number of hydrogen-bond donors (Lipinski definition) is 0. The van der Waals surface area contributed by atoms with Gasteiger partial charge in [0.15, 0.2) is 6.21 Å². The van der Waals surface area contributed by atoms with Gasteiger partial charge in [0.1, 0.15) is 14.1 Å². The molecule has 3 heteroatoms.